The van der Waals surface area contributed by atoms with Crippen LogP contribution in [0.2, 0.25) is 0 Å². The highest BCUT2D eigenvalue weighted by Gasteiger charge is 2.44. The standard InChI is InChI=1S/C18H18FNO/c1-12(13-5-3-2-4-6-13)20-18(21)17-11-16(17)14-7-9-15(19)10-8-14/h2-10,12,16-17H,11H2,1H3,(H,20,21). The topological polar surface area (TPSA) is 29.1 Å². The van der Waals surface area contributed by atoms with Gasteiger partial charge in [0.1, 0.15) is 5.82 Å². The number of hydrogen-bond acceptors (Lipinski definition) is 1. The fourth-order valence-corrected chi connectivity index (χ4v) is 2.71. The molecule has 0 bridgehead atoms. The molecule has 3 heteroatoms. The third-order valence-corrected chi connectivity index (χ3v) is 4.08. The van der Waals surface area contributed by atoms with E-state index in [2.05, 4.69) is 5.32 Å². The summed E-state index contributed by atoms with van der Waals surface area (Å²) in [6.07, 6.45) is 0.846. The van der Waals surface area contributed by atoms with Crippen molar-refractivity contribution >= 4 is 5.91 Å². The first-order valence-corrected chi connectivity index (χ1v) is 7.26. The Morgan fingerprint density at radius 1 is 1.14 bits per heavy atom. The molecule has 2 aromatic rings. The number of benzene rings is 2. The van der Waals surface area contributed by atoms with E-state index in [0.717, 1.165) is 17.5 Å². The molecule has 0 aliphatic heterocycles. The number of amides is 1. The van der Waals surface area contributed by atoms with Gasteiger partial charge in [0.2, 0.25) is 5.91 Å². The van der Waals surface area contributed by atoms with Crippen LogP contribution in [0.15, 0.2) is 54.6 Å². The Hall–Kier alpha value is -2.16. The van der Waals surface area contributed by atoms with Crippen LogP contribution in [0.4, 0.5) is 4.39 Å². The third-order valence-electron chi connectivity index (χ3n) is 4.08. The summed E-state index contributed by atoms with van der Waals surface area (Å²) in [4.78, 5) is 12.3. The molecular formula is C18H18FNO. The fourth-order valence-electron chi connectivity index (χ4n) is 2.71. The zero-order chi connectivity index (χ0) is 14.8. The van der Waals surface area contributed by atoms with E-state index < -0.39 is 0 Å². The van der Waals surface area contributed by atoms with E-state index in [1.165, 1.54) is 12.1 Å². The number of halogens is 1. The fraction of sp³-hybridized carbons (Fsp3) is 0.278. The predicted molar refractivity (Wildman–Crippen MR) is 80.2 cm³/mol. The van der Waals surface area contributed by atoms with Crippen LogP contribution in [0.5, 0.6) is 0 Å². The van der Waals surface area contributed by atoms with Crippen molar-refractivity contribution in [2.24, 2.45) is 5.92 Å². The van der Waals surface area contributed by atoms with Crippen LogP contribution in [0.3, 0.4) is 0 Å². The number of carbonyl (C=O) groups is 1. The van der Waals surface area contributed by atoms with Gasteiger partial charge in [-0.2, -0.15) is 0 Å². The van der Waals surface area contributed by atoms with E-state index >= 15 is 0 Å². The van der Waals surface area contributed by atoms with Crippen LogP contribution in [-0.4, -0.2) is 5.91 Å². The van der Waals surface area contributed by atoms with E-state index in [4.69, 9.17) is 0 Å². The second-order valence-electron chi connectivity index (χ2n) is 5.64. The van der Waals surface area contributed by atoms with E-state index in [-0.39, 0.29) is 29.6 Å². The van der Waals surface area contributed by atoms with Gasteiger partial charge in [-0.15, -0.1) is 0 Å². The molecular weight excluding hydrogens is 265 g/mol. The average molecular weight is 283 g/mol. The van der Waals surface area contributed by atoms with E-state index in [9.17, 15) is 9.18 Å². The maximum absolute atomic E-state index is 12.9. The van der Waals surface area contributed by atoms with E-state index in [1.807, 2.05) is 37.3 Å². The van der Waals surface area contributed by atoms with Gasteiger partial charge in [-0.3, -0.25) is 4.79 Å². The summed E-state index contributed by atoms with van der Waals surface area (Å²) in [5.41, 5.74) is 2.15. The van der Waals surface area contributed by atoms with Crippen molar-refractivity contribution < 1.29 is 9.18 Å². The van der Waals surface area contributed by atoms with Gasteiger partial charge in [0.25, 0.3) is 0 Å². The van der Waals surface area contributed by atoms with Crippen molar-refractivity contribution in [2.45, 2.75) is 25.3 Å². The SMILES string of the molecule is CC(NC(=O)C1CC1c1ccc(F)cc1)c1ccccc1. The first-order valence-electron chi connectivity index (χ1n) is 7.26. The van der Waals surface area contributed by atoms with Gasteiger partial charge in [0, 0.05) is 5.92 Å². The van der Waals surface area contributed by atoms with Crippen molar-refractivity contribution in [3.8, 4) is 0 Å². The highest BCUT2D eigenvalue weighted by Crippen LogP contribution is 2.47. The lowest BCUT2D eigenvalue weighted by atomic mass is 10.1. The number of nitrogens with one attached hydrogen (secondary N) is 1. The first kappa shape index (κ1) is 13.8. The minimum atomic E-state index is -0.238. The number of carbonyl (C=O) groups excluding carboxylic acids is 1. The third kappa shape index (κ3) is 3.13. The Balaban J connectivity index is 1.59. The summed E-state index contributed by atoms with van der Waals surface area (Å²) in [6, 6.07) is 16.4. The van der Waals surface area contributed by atoms with Crippen molar-refractivity contribution in [3.63, 3.8) is 0 Å². The van der Waals surface area contributed by atoms with Gasteiger partial charge < -0.3 is 5.32 Å². The number of hydrogen-bond donors (Lipinski definition) is 1. The molecule has 1 saturated carbocycles. The Bertz CT molecular complexity index is 623. The first-order chi connectivity index (χ1) is 10.1. The lowest BCUT2D eigenvalue weighted by Crippen LogP contribution is -2.28. The molecule has 21 heavy (non-hydrogen) atoms. The molecule has 0 radical (unpaired) electrons. The molecule has 1 N–H and O–H groups in total. The second kappa shape index (κ2) is 5.68. The summed E-state index contributed by atoms with van der Waals surface area (Å²) >= 11 is 0. The Labute approximate surface area is 124 Å². The van der Waals surface area contributed by atoms with Gasteiger partial charge in [0.15, 0.2) is 0 Å². The van der Waals surface area contributed by atoms with E-state index in [0.29, 0.717) is 0 Å². The maximum atomic E-state index is 12.9. The zero-order valence-corrected chi connectivity index (χ0v) is 11.9. The van der Waals surface area contributed by atoms with Gasteiger partial charge in [-0.1, -0.05) is 42.5 Å². The highest BCUT2D eigenvalue weighted by atomic mass is 19.1. The van der Waals surface area contributed by atoms with Crippen LogP contribution in [0, 0.1) is 11.7 Å². The molecule has 1 fully saturated rings. The van der Waals surface area contributed by atoms with Crippen LogP contribution >= 0.6 is 0 Å². The average Bonchev–Trinajstić information content (AvgIpc) is 3.29. The van der Waals surface area contributed by atoms with Crippen LogP contribution in [0.1, 0.15) is 36.4 Å². The summed E-state index contributed by atoms with van der Waals surface area (Å²) < 4.78 is 12.9. The molecule has 108 valence electrons. The molecule has 1 amide bonds. The lowest BCUT2D eigenvalue weighted by Gasteiger charge is -2.14. The largest absolute Gasteiger partial charge is 0.349 e. The van der Waals surface area contributed by atoms with Crippen molar-refractivity contribution in [3.05, 3.63) is 71.5 Å². The molecule has 1 aliphatic carbocycles. The van der Waals surface area contributed by atoms with Gasteiger partial charge in [0.05, 0.1) is 6.04 Å². The van der Waals surface area contributed by atoms with Crippen LogP contribution < -0.4 is 5.32 Å². The molecule has 0 spiro atoms. The smallest absolute Gasteiger partial charge is 0.224 e. The lowest BCUT2D eigenvalue weighted by molar-refractivity contribution is -0.123. The normalized spacial score (nSPS) is 21.6. The molecule has 0 aromatic heterocycles. The van der Waals surface area contributed by atoms with Crippen LogP contribution in [0.25, 0.3) is 0 Å². The maximum Gasteiger partial charge on any atom is 0.224 e. The zero-order valence-electron chi connectivity index (χ0n) is 11.9. The number of rotatable bonds is 4. The monoisotopic (exact) mass is 283 g/mol. The molecule has 3 rings (SSSR count). The summed E-state index contributed by atoms with van der Waals surface area (Å²) in [6.45, 7) is 1.99. The molecule has 2 aromatic carbocycles. The van der Waals surface area contributed by atoms with Gasteiger partial charge in [-0.25, -0.2) is 4.39 Å². The molecule has 0 saturated heterocycles. The molecule has 1 aliphatic rings. The Morgan fingerprint density at radius 2 is 1.81 bits per heavy atom. The highest BCUT2D eigenvalue weighted by molar-refractivity contribution is 5.83. The minimum absolute atomic E-state index is 0.00756. The summed E-state index contributed by atoms with van der Waals surface area (Å²) in [5, 5.41) is 3.06. The van der Waals surface area contributed by atoms with Gasteiger partial charge >= 0.3 is 0 Å². The quantitative estimate of drug-likeness (QED) is 0.908. The Morgan fingerprint density at radius 3 is 2.48 bits per heavy atom. The van der Waals surface area contributed by atoms with Crippen molar-refractivity contribution in [1.29, 1.82) is 0 Å². The summed E-state index contributed by atoms with van der Waals surface area (Å²) in [5.74, 6) is 0.0916. The molecule has 3 atom stereocenters. The van der Waals surface area contributed by atoms with Crippen molar-refractivity contribution in [2.75, 3.05) is 0 Å². The Kier molecular flexibility index (Phi) is 3.74. The molecule has 3 unspecified atom stereocenters. The molecule has 0 heterocycles. The summed E-state index contributed by atoms with van der Waals surface area (Å²) in [7, 11) is 0. The second-order valence-corrected chi connectivity index (χ2v) is 5.64. The van der Waals surface area contributed by atoms with Crippen LogP contribution in [-0.2, 0) is 4.79 Å². The molecule has 2 nitrogen and oxygen atoms in total. The van der Waals surface area contributed by atoms with Crippen molar-refractivity contribution in [1.82, 2.24) is 5.32 Å². The van der Waals surface area contributed by atoms with Gasteiger partial charge in [-0.05, 0) is 42.5 Å². The van der Waals surface area contributed by atoms with E-state index in [1.54, 1.807) is 12.1 Å². The minimum Gasteiger partial charge on any atom is -0.349 e. The predicted octanol–water partition coefficient (Wildman–Crippen LogP) is 3.81.